The quantitative estimate of drug-likeness (QED) is 0.904. The average Bonchev–Trinajstić information content (AvgIpc) is 3.11. The maximum atomic E-state index is 13.3. The number of carbonyl (C=O) groups excluding carboxylic acids is 2. The lowest BCUT2D eigenvalue weighted by molar-refractivity contribution is -0.128. The summed E-state index contributed by atoms with van der Waals surface area (Å²) in [6.07, 6.45) is 6.19. The Morgan fingerprint density at radius 3 is 2.48 bits per heavy atom. The van der Waals surface area contributed by atoms with Crippen LogP contribution in [0.5, 0.6) is 0 Å². The normalized spacial score (nSPS) is 25.2. The van der Waals surface area contributed by atoms with Crippen LogP contribution < -0.4 is 10.2 Å². The number of nitrogens with one attached hydrogen (secondary N) is 1. The molecule has 2 aromatic rings. The number of rotatable bonds is 3. The molecular formula is C22H27N3O2. The van der Waals surface area contributed by atoms with Gasteiger partial charge < -0.3 is 9.88 Å². The van der Waals surface area contributed by atoms with E-state index >= 15 is 0 Å². The Bertz CT molecular complexity index is 831. The van der Waals surface area contributed by atoms with Crippen molar-refractivity contribution in [3.8, 4) is 0 Å². The summed E-state index contributed by atoms with van der Waals surface area (Å²) in [6.45, 7) is 4.55. The van der Waals surface area contributed by atoms with E-state index in [1.807, 2.05) is 54.1 Å². The van der Waals surface area contributed by atoms with E-state index in [0.717, 1.165) is 48.5 Å². The summed E-state index contributed by atoms with van der Waals surface area (Å²) in [5, 5.41) is 3.23. The largest absolute Gasteiger partial charge is 0.351 e. The van der Waals surface area contributed by atoms with Gasteiger partial charge in [0.2, 0.25) is 11.8 Å². The minimum atomic E-state index is -0.622. The molecule has 1 aliphatic carbocycles. The first-order chi connectivity index (χ1) is 13.0. The van der Waals surface area contributed by atoms with Crippen LogP contribution in [-0.2, 0) is 16.1 Å². The molecule has 1 N–H and O–H groups in total. The number of amides is 2. The van der Waals surface area contributed by atoms with Gasteiger partial charge in [-0.25, -0.2) is 0 Å². The van der Waals surface area contributed by atoms with E-state index in [1.54, 1.807) is 4.90 Å². The van der Waals surface area contributed by atoms with Crippen molar-refractivity contribution in [3.05, 3.63) is 53.9 Å². The molecule has 1 aromatic carbocycles. The second-order valence-electron chi connectivity index (χ2n) is 8.03. The van der Waals surface area contributed by atoms with Gasteiger partial charge in [-0.1, -0.05) is 24.6 Å². The molecule has 2 aliphatic rings. The Morgan fingerprint density at radius 2 is 1.78 bits per heavy atom. The van der Waals surface area contributed by atoms with Gasteiger partial charge in [0, 0.05) is 17.9 Å². The van der Waals surface area contributed by atoms with E-state index in [0.29, 0.717) is 0 Å². The van der Waals surface area contributed by atoms with E-state index in [-0.39, 0.29) is 24.4 Å². The van der Waals surface area contributed by atoms with E-state index < -0.39 is 6.04 Å². The highest BCUT2D eigenvalue weighted by molar-refractivity contribution is 6.02. The fourth-order valence-electron chi connectivity index (χ4n) is 4.25. The standard InChI is InChI=1S/C22H27N3O2/c1-15-5-9-17(10-6-15)23-22(27)21-19-4-3-13-24(19)14-20(26)25(21)18-11-7-16(2)8-12-18/h3-4,7-8,11-13,15,17,21H,5-6,9-10,14H2,1-2H3,(H,23,27). The van der Waals surface area contributed by atoms with Crippen molar-refractivity contribution in [3.63, 3.8) is 0 Å². The van der Waals surface area contributed by atoms with Crippen LogP contribution in [0.1, 0.15) is 49.9 Å². The summed E-state index contributed by atoms with van der Waals surface area (Å²) in [5.74, 6) is 0.596. The van der Waals surface area contributed by atoms with Gasteiger partial charge in [0.05, 0.1) is 5.69 Å². The van der Waals surface area contributed by atoms with Gasteiger partial charge >= 0.3 is 0 Å². The number of fused-ring (bicyclic) bond motifs is 1. The lowest BCUT2D eigenvalue weighted by Gasteiger charge is -2.37. The van der Waals surface area contributed by atoms with Gasteiger partial charge in [-0.15, -0.1) is 0 Å². The Labute approximate surface area is 160 Å². The zero-order chi connectivity index (χ0) is 19.0. The lowest BCUT2D eigenvalue weighted by atomic mass is 9.87. The molecule has 27 heavy (non-hydrogen) atoms. The van der Waals surface area contributed by atoms with Gasteiger partial charge in [-0.3, -0.25) is 14.5 Å². The number of carbonyl (C=O) groups is 2. The molecule has 142 valence electrons. The summed E-state index contributed by atoms with van der Waals surface area (Å²) in [4.78, 5) is 27.9. The molecule has 0 radical (unpaired) electrons. The number of aryl methyl sites for hydroxylation is 1. The van der Waals surface area contributed by atoms with Crippen LogP contribution in [0.4, 0.5) is 5.69 Å². The number of benzene rings is 1. The van der Waals surface area contributed by atoms with Crippen LogP contribution in [0.3, 0.4) is 0 Å². The molecule has 2 amide bonds. The topological polar surface area (TPSA) is 54.3 Å². The van der Waals surface area contributed by atoms with Crippen molar-refractivity contribution in [1.29, 1.82) is 0 Å². The van der Waals surface area contributed by atoms with Crippen molar-refractivity contribution in [2.75, 3.05) is 4.90 Å². The fraction of sp³-hybridized carbons (Fsp3) is 0.455. The predicted molar refractivity (Wildman–Crippen MR) is 105 cm³/mol. The van der Waals surface area contributed by atoms with E-state index in [9.17, 15) is 9.59 Å². The van der Waals surface area contributed by atoms with E-state index in [2.05, 4.69) is 12.2 Å². The third-order valence-electron chi connectivity index (χ3n) is 5.90. The molecule has 0 bridgehead atoms. The summed E-state index contributed by atoms with van der Waals surface area (Å²) in [7, 11) is 0. The first kappa shape index (κ1) is 17.8. The van der Waals surface area contributed by atoms with Gasteiger partial charge in [0.15, 0.2) is 6.04 Å². The maximum Gasteiger partial charge on any atom is 0.249 e. The van der Waals surface area contributed by atoms with Crippen molar-refractivity contribution >= 4 is 17.5 Å². The average molecular weight is 365 g/mol. The molecule has 1 unspecified atom stereocenters. The molecule has 5 heteroatoms. The van der Waals surface area contributed by atoms with Crippen LogP contribution in [0, 0.1) is 12.8 Å². The zero-order valence-electron chi connectivity index (χ0n) is 16.0. The molecule has 5 nitrogen and oxygen atoms in total. The lowest BCUT2D eigenvalue weighted by Crippen LogP contribution is -2.51. The number of hydrogen-bond acceptors (Lipinski definition) is 2. The van der Waals surface area contributed by atoms with Crippen molar-refractivity contribution < 1.29 is 9.59 Å². The Balaban J connectivity index is 1.64. The molecule has 1 aromatic heterocycles. The monoisotopic (exact) mass is 365 g/mol. The summed E-state index contributed by atoms with van der Waals surface area (Å²) >= 11 is 0. The molecule has 1 saturated carbocycles. The predicted octanol–water partition coefficient (Wildman–Crippen LogP) is 3.58. The smallest absolute Gasteiger partial charge is 0.249 e. The molecular weight excluding hydrogens is 338 g/mol. The van der Waals surface area contributed by atoms with E-state index in [4.69, 9.17) is 0 Å². The minimum Gasteiger partial charge on any atom is -0.351 e. The fourth-order valence-corrected chi connectivity index (χ4v) is 4.25. The third kappa shape index (κ3) is 3.51. The van der Waals surface area contributed by atoms with Crippen LogP contribution in [-0.4, -0.2) is 22.4 Å². The third-order valence-corrected chi connectivity index (χ3v) is 5.90. The summed E-state index contributed by atoms with van der Waals surface area (Å²) < 4.78 is 1.89. The highest BCUT2D eigenvalue weighted by Crippen LogP contribution is 2.33. The van der Waals surface area contributed by atoms with Crippen molar-refractivity contribution in [1.82, 2.24) is 9.88 Å². The highest BCUT2D eigenvalue weighted by atomic mass is 16.2. The Morgan fingerprint density at radius 1 is 1.07 bits per heavy atom. The Kier molecular flexibility index (Phi) is 4.77. The summed E-state index contributed by atoms with van der Waals surface area (Å²) in [6, 6.07) is 11.2. The SMILES string of the molecule is Cc1ccc(N2C(=O)Cn3cccc3C2C(=O)NC2CCC(C)CC2)cc1. The zero-order valence-corrected chi connectivity index (χ0v) is 16.0. The molecule has 1 atom stereocenters. The molecule has 0 saturated heterocycles. The van der Waals surface area contributed by atoms with Crippen LogP contribution in [0.15, 0.2) is 42.6 Å². The summed E-state index contributed by atoms with van der Waals surface area (Å²) in [5.41, 5.74) is 2.77. The van der Waals surface area contributed by atoms with Gasteiger partial charge in [-0.05, 0) is 62.8 Å². The molecule has 1 aliphatic heterocycles. The number of anilines is 1. The van der Waals surface area contributed by atoms with Crippen LogP contribution in [0.2, 0.25) is 0 Å². The number of hydrogen-bond donors (Lipinski definition) is 1. The second-order valence-corrected chi connectivity index (χ2v) is 8.03. The van der Waals surface area contributed by atoms with Crippen LogP contribution >= 0.6 is 0 Å². The number of nitrogens with zero attached hydrogens (tertiary/aromatic N) is 2. The maximum absolute atomic E-state index is 13.3. The van der Waals surface area contributed by atoms with Gasteiger partial charge in [0.25, 0.3) is 0 Å². The number of aromatic nitrogens is 1. The van der Waals surface area contributed by atoms with Crippen molar-refractivity contribution in [2.24, 2.45) is 5.92 Å². The first-order valence-electron chi connectivity index (χ1n) is 9.87. The van der Waals surface area contributed by atoms with Gasteiger partial charge in [0.1, 0.15) is 6.54 Å². The minimum absolute atomic E-state index is 0.0556. The highest BCUT2D eigenvalue weighted by Gasteiger charge is 2.39. The van der Waals surface area contributed by atoms with E-state index in [1.165, 1.54) is 0 Å². The Hall–Kier alpha value is -2.56. The molecule has 0 spiro atoms. The second kappa shape index (κ2) is 7.22. The molecule has 2 heterocycles. The molecule has 1 fully saturated rings. The molecule has 4 rings (SSSR count). The van der Waals surface area contributed by atoms with Crippen LogP contribution in [0.25, 0.3) is 0 Å². The van der Waals surface area contributed by atoms with Crippen molar-refractivity contribution in [2.45, 2.75) is 58.2 Å². The van der Waals surface area contributed by atoms with Gasteiger partial charge in [-0.2, -0.15) is 0 Å². The first-order valence-corrected chi connectivity index (χ1v) is 9.87.